The fourth-order valence-electron chi connectivity index (χ4n) is 2.77. The van der Waals surface area contributed by atoms with E-state index in [4.69, 9.17) is 15.2 Å². The van der Waals surface area contributed by atoms with E-state index >= 15 is 0 Å². The van der Waals surface area contributed by atoms with Gasteiger partial charge in [0.1, 0.15) is 11.3 Å². The van der Waals surface area contributed by atoms with E-state index < -0.39 is 12.1 Å². The van der Waals surface area contributed by atoms with Gasteiger partial charge >= 0.3 is 12.1 Å². The Hall–Kier alpha value is -2.24. The highest BCUT2D eigenvalue weighted by atomic mass is 16.7. The lowest BCUT2D eigenvalue weighted by Crippen LogP contribution is -2.14. The number of anilines is 1. The largest absolute Gasteiger partial charge is 0.513 e. The van der Waals surface area contributed by atoms with Crippen molar-refractivity contribution in [3.63, 3.8) is 0 Å². The van der Waals surface area contributed by atoms with Gasteiger partial charge in [0.25, 0.3) is 0 Å². The maximum Gasteiger partial charge on any atom is 0.513 e. The number of rotatable bonds is 13. The molecule has 6 nitrogen and oxygen atoms in total. The topological polar surface area (TPSA) is 87.9 Å². The predicted molar refractivity (Wildman–Crippen MR) is 106 cm³/mol. The summed E-state index contributed by atoms with van der Waals surface area (Å²) in [5, 5.41) is 0. The Bertz CT molecular complexity index is 574. The summed E-state index contributed by atoms with van der Waals surface area (Å²) < 4.78 is 14.8. The van der Waals surface area contributed by atoms with Gasteiger partial charge in [-0.25, -0.2) is 9.59 Å². The van der Waals surface area contributed by atoms with Crippen molar-refractivity contribution in [1.29, 1.82) is 0 Å². The molecule has 0 unspecified atom stereocenters. The molecule has 1 aromatic carbocycles. The summed E-state index contributed by atoms with van der Waals surface area (Å²) >= 11 is 0. The highest BCUT2D eigenvalue weighted by molar-refractivity contribution is 5.94. The summed E-state index contributed by atoms with van der Waals surface area (Å²) in [5.74, 6) is -0.552. The van der Waals surface area contributed by atoms with Gasteiger partial charge in [0.2, 0.25) is 0 Å². The molecule has 0 aliphatic rings. The first-order chi connectivity index (χ1) is 13.1. The van der Waals surface area contributed by atoms with E-state index in [-0.39, 0.29) is 11.3 Å². The molecule has 0 fully saturated rings. The maximum absolute atomic E-state index is 11.8. The molecule has 0 amide bonds. The van der Waals surface area contributed by atoms with Gasteiger partial charge in [-0.1, -0.05) is 64.7 Å². The first-order valence-electron chi connectivity index (χ1n) is 9.91. The van der Waals surface area contributed by atoms with Crippen LogP contribution < -0.4 is 10.5 Å². The zero-order valence-electron chi connectivity index (χ0n) is 16.6. The van der Waals surface area contributed by atoms with E-state index in [2.05, 4.69) is 11.7 Å². The third-order valence-electron chi connectivity index (χ3n) is 4.32. The number of esters is 1. The molecular weight excluding hydrogens is 346 g/mol. The summed E-state index contributed by atoms with van der Waals surface area (Å²) in [4.78, 5) is 23.5. The monoisotopic (exact) mass is 379 g/mol. The zero-order valence-corrected chi connectivity index (χ0v) is 16.6. The standard InChI is InChI=1S/C21H33NO5/c1-3-4-5-6-7-8-9-10-11-12-15-26-21(24)27-19-14-13-17(22)16-18(19)20(23)25-2/h13-14,16H,3-12,15,22H2,1-2H3. The number of carbonyl (C=O) groups is 2. The van der Waals surface area contributed by atoms with Crippen LogP contribution in [0.4, 0.5) is 10.5 Å². The second kappa shape index (κ2) is 13.9. The van der Waals surface area contributed by atoms with Crippen LogP contribution in [0.25, 0.3) is 0 Å². The lowest BCUT2D eigenvalue weighted by molar-refractivity contribution is 0.0594. The van der Waals surface area contributed by atoms with E-state index in [1.54, 1.807) is 0 Å². The molecule has 2 N–H and O–H groups in total. The SMILES string of the molecule is CCCCCCCCCCCCOC(=O)Oc1ccc(N)cc1C(=O)OC. The van der Waals surface area contributed by atoms with Crippen LogP contribution in [0.15, 0.2) is 18.2 Å². The smallest absolute Gasteiger partial charge is 0.465 e. The summed E-state index contributed by atoms with van der Waals surface area (Å²) in [6, 6.07) is 4.39. The summed E-state index contributed by atoms with van der Waals surface area (Å²) in [5.41, 5.74) is 6.12. The van der Waals surface area contributed by atoms with Crippen molar-refractivity contribution in [2.45, 2.75) is 71.1 Å². The quantitative estimate of drug-likeness (QED) is 0.211. The van der Waals surface area contributed by atoms with Crippen LogP contribution in [-0.4, -0.2) is 25.8 Å². The first kappa shape index (κ1) is 22.8. The van der Waals surface area contributed by atoms with Crippen molar-refractivity contribution in [3.8, 4) is 5.75 Å². The average Bonchev–Trinajstić information content (AvgIpc) is 2.66. The van der Waals surface area contributed by atoms with Crippen molar-refractivity contribution in [2.24, 2.45) is 0 Å². The molecule has 6 heteroatoms. The Morgan fingerprint density at radius 2 is 1.52 bits per heavy atom. The summed E-state index contributed by atoms with van der Waals surface area (Å²) in [7, 11) is 1.25. The number of carbonyl (C=O) groups excluding carboxylic acids is 2. The Morgan fingerprint density at radius 1 is 0.926 bits per heavy atom. The molecule has 1 aromatic rings. The number of unbranched alkanes of at least 4 members (excludes halogenated alkanes) is 9. The fraction of sp³-hybridized carbons (Fsp3) is 0.619. The third kappa shape index (κ3) is 9.87. The van der Waals surface area contributed by atoms with E-state index in [0.717, 1.165) is 19.3 Å². The first-order valence-corrected chi connectivity index (χ1v) is 9.91. The molecule has 0 aliphatic carbocycles. The fourth-order valence-corrected chi connectivity index (χ4v) is 2.77. The highest BCUT2D eigenvalue weighted by Gasteiger charge is 2.17. The summed E-state index contributed by atoms with van der Waals surface area (Å²) in [6.45, 7) is 2.53. The predicted octanol–water partition coefficient (Wildman–Crippen LogP) is 5.49. The van der Waals surface area contributed by atoms with Crippen LogP contribution in [0.1, 0.15) is 81.5 Å². The molecule has 152 valence electrons. The molecule has 0 bridgehead atoms. The van der Waals surface area contributed by atoms with Crippen molar-refractivity contribution in [3.05, 3.63) is 23.8 Å². The number of nitrogens with two attached hydrogens (primary N) is 1. The van der Waals surface area contributed by atoms with Crippen LogP contribution >= 0.6 is 0 Å². The molecule has 0 aromatic heterocycles. The molecule has 1 rings (SSSR count). The van der Waals surface area contributed by atoms with Gasteiger partial charge < -0.3 is 19.9 Å². The van der Waals surface area contributed by atoms with Crippen LogP contribution in [0, 0.1) is 0 Å². The molecule has 0 saturated carbocycles. The molecule has 0 radical (unpaired) electrons. The number of hydrogen-bond acceptors (Lipinski definition) is 6. The van der Waals surface area contributed by atoms with Gasteiger partial charge in [0, 0.05) is 5.69 Å². The van der Waals surface area contributed by atoms with Crippen molar-refractivity contribution in [1.82, 2.24) is 0 Å². The lowest BCUT2D eigenvalue weighted by Gasteiger charge is -2.10. The lowest BCUT2D eigenvalue weighted by atomic mass is 10.1. The Kier molecular flexibility index (Phi) is 11.7. The summed E-state index contributed by atoms with van der Waals surface area (Å²) in [6.07, 6.45) is 11.3. The Labute approximate surface area is 162 Å². The van der Waals surface area contributed by atoms with Crippen molar-refractivity contribution < 1.29 is 23.8 Å². The molecule has 27 heavy (non-hydrogen) atoms. The van der Waals surface area contributed by atoms with Gasteiger partial charge in [-0.15, -0.1) is 0 Å². The van der Waals surface area contributed by atoms with Gasteiger partial charge in [-0.3, -0.25) is 0 Å². The van der Waals surface area contributed by atoms with Crippen LogP contribution in [0.5, 0.6) is 5.75 Å². The third-order valence-corrected chi connectivity index (χ3v) is 4.32. The molecular formula is C21H33NO5. The van der Waals surface area contributed by atoms with Gasteiger partial charge in [0.05, 0.1) is 13.7 Å². The zero-order chi connectivity index (χ0) is 19.9. The minimum Gasteiger partial charge on any atom is -0.465 e. The second-order valence-corrected chi connectivity index (χ2v) is 6.63. The number of methoxy groups -OCH3 is 1. The number of benzene rings is 1. The van der Waals surface area contributed by atoms with Crippen molar-refractivity contribution >= 4 is 17.8 Å². The van der Waals surface area contributed by atoms with Gasteiger partial charge in [-0.2, -0.15) is 0 Å². The molecule has 0 heterocycles. The second-order valence-electron chi connectivity index (χ2n) is 6.63. The molecule has 0 atom stereocenters. The number of nitrogen functional groups attached to an aromatic ring is 1. The average molecular weight is 379 g/mol. The Balaban J connectivity index is 2.17. The minimum absolute atomic E-state index is 0.0733. The van der Waals surface area contributed by atoms with Crippen LogP contribution in [0.3, 0.4) is 0 Å². The Morgan fingerprint density at radius 3 is 2.11 bits per heavy atom. The van der Waals surface area contributed by atoms with E-state index in [1.807, 2.05) is 0 Å². The molecule has 0 spiro atoms. The van der Waals surface area contributed by atoms with E-state index in [1.165, 1.54) is 70.3 Å². The van der Waals surface area contributed by atoms with Crippen LogP contribution in [0.2, 0.25) is 0 Å². The highest BCUT2D eigenvalue weighted by Crippen LogP contribution is 2.22. The minimum atomic E-state index is -0.833. The number of ether oxygens (including phenoxy) is 3. The van der Waals surface area contributed by atoms with Crippen LogP contribution in [-0.2, 0) is 9.47 Å². The normalized spacial score (nSPS) is 10.4. The maximum atomic E-state index is 11.8. The van der Waals surface area contributed by atoms with E-state index in [9.17, 15) is 9.59 Å². The van der Waals surface area contributed by atoms with Crippen molar-refractivity contribution in [2.75, 3.05) is 19.5 Å². The van der Waals surface area contributed by atoms with E-state index in [0.29, 0.717) is 12.3 Å². The van der Waals surface area contributed by atoms with Gasteiger partial charge in [0.15, 0.2) is 0 Å². The molecule has 0 aliphatic heterocycles. The molecule has 0 saturated heterocycles. The number of hydrogen-bond donors (Lipinski definition) is 1. The van der Waals surface area contributed by atoms with Gasteiger partial charge in [-0.05, 0) is 24.6 Å².